The number of nitrogens with one attached hydrogen (secondary N) is 1. The molecule has 31 heavy (non-hydrogen) atoms. The van der Waals surface area contributed by atoms with Crippen LogP contribution >= 0.6 is 23.2 Å². The van der Waals surface area contributed by atoms with Crippen LogP contribution in [0.25, 0.3) is 10.8 Å². The van der Waals surface area contributed by atoms with E-state index >= 15 is 0 Å². The minimum atomic E-state index is -3.71. The molecule has 3 aromatic rings. The van der Waals surface area contributed by atoms with Crippen molar-refractivity contribution in [2.45, 2.75) is 13.3 Å². The zero-order valence-corrected chi connectivity index (χ0v) is 19.6. The van der Waals surface area contributed by atoms with E-state index in [1.165, 1.54) is 34.5 Å². The molecule has 0 aliphatic heterocycles. The fourth-order valence-electron chi connectivity index (χ4n) is 3.46. The van der Waals surface area contributed by atoms with Crippen molar-refractivity contribution in [3.63, 3.8) is 0 Å². The number of benzene rings is 3. The zero-order valence-electron chi connectivity index (χ0n) is 17.3. The molecule has 1 unspecified atom stereocenters. The van der Waals surface area contributed by atoms with Gasteiger partial charge in [0.25, 0.3) is 0 Å². The molecule has 0 heterocycles. The standard InChI is InChI=1S/C23H24Cl2N2O3S/c1-16(12-18-8-5-7-17-6-3-4-9-20(17)18)14-26-23(28)15-27(31(2,29)30)22-11-10-19(24)13-21(22)25/h3-11,13,16H,12,14-15H2,1-2H3,(H,26,28). The van der Waals surface area contributed by atoms with Crippen molar-refractivity contribution in [3.05, 3.63) is 76.3 Å². The second kappa shape index (κ2) is 9.90. The van der Waals surface area contributed by atoms with Crippen LogP contribution in [0, 0.1) is 5.92 Å². The Balaban J connectivity index is 1.65. The molecule has 0 saturated heterocycles. The summed E-state index contributed by atoms with van der Waals surface area (Å²) < 4.78 is 25.5. The Morgan fingerprint density at radius 2 is 1.77 bits per heavy atom. The van der Waals surface area contributed by atoms with Gasteiger partial charge in [-0.2, -0.15) is 0 Å². The molecule has 0 radical (unpaired) electrons. The Kier molecular flexibility index (Phi) is 7.46. The first-order valence-corrected chi connectivity index (χ1v) is 12.4. The summed E-state index contributed by atoms with van der Waals surface area (Å²) in [6.07, 6.45) is 1.83. The Morgan fingerprint density at radius 3 is 2.48 bits per heavy atom. The highest BCUT2D eigenvalue weighted by atomic mass is 35.5. The van der Waals surface area contributed by atoms with Crippen LogP contribution in [-0.4, -0.2) is 33.7 Å². The fraction of sp³-hybridized carbons (Fsp3) is 0.261. The van der Waals surface area contributed by atoms with Crippen LogP contribution in [0.1, 0.15) is 12.5 Å². The average molecular weight is 479 g/mol. The topological polar surface area (TPSA) is 66.5 Å². The molecule has 0 aromatic heterocycles. The third-order valence-electron chi connectivity index (χ3n) is 4.96. The van der Waals surface area contributed by atoms with Gasteiger partial charge in [-0.15, -0.1) is 0 Å². The van der Waals surface area contributed by atoms with E-state index in [0.29, 0.717) is 11.6 Å². The lowest BCUT2D eigenvalue weighted by Crippen LogP contribution is -2.41. The van der Waals surface area contributed by atoms with E-state index in [1.54, 1.807) is 0 Å². The lowest BCUT2D eigenvalue weighted by Gasteiger charge is -2.23. The predicted molar refractivity (Wildman–Crippen MR) is 128 cm³/mol. The molecule has 0 saturated carbocycles. The maximum atomic E-state index is 12.5. The van der Waals surface area contributed by atoms with Gasteiger partial charge >= 0.3 is 0 Å². The van der Waals surface area contributed by atoms with Crippen LogP contribution < -0.4 is 9.62 Å². The third-order valence-corrected chi connectivity index (χ3v) is 6.63. The molecule has 8 heteroatoms. The van der Waals surface area contributed by atoms with Crippen molar-refractivity contribution in [1.29, 1.82) is 0 Å². The second-order valence-corrected chi connectivity index (χ2v) is 10.4. The molecule has 164 valence electrons. The number of hydrogen-bond acceptors (Lipinski definition) is 3. The maximum Gasteiger partial charge on any atom is 0.240 e. The van der Waals surface area contributed by atoms with Gasteiger partial charge in [0, 0.05) is 11.6 Å². The summed E-state index contributed by atoms with van der Waals surface area (Å²) in [4.78, 5) is 12.5. The summed E-state index contributed by atoms with van der Waals surface area (Å²) in [6.45, 7) is 2.11. The van der Waals surface area contributed by atoms with Crippen molar-refractivity contribution in [3.8, 4) is 0 Å². The summed E-state index contributed by atoms with van der Waals surface area (Å²) in [5.74, 6) is -0.234. The van der Waals surface area contributed by atoms with Crippen molar-refractivity contribution < 1.29 is 13.2 Å². The van der Waals surface area contributed by atoms with E-state index in [4.69, 9.17) is 23.2 Å². The van der Waals surface area contributed by atoms with Crippen LogP contribution in [0.4, 0.5) is 5.69 Å². The number of anilines is 1. The molecule has 3 rings (SSSR count). The number of amides is 1. The summed E-state index contributed by atoms with van der Waals surface area (Å²) in [5, 5.41) is 5.76. The predicted octanol–water partition coefficient (Wildman–Crippen LogP) is 4.91. The van der Waals surface area contributed by atoms with Gasteiger partial charge in [-0.05, 0) is 46.9 Å². The number of nitrogens with zero attached hydrogens (tertiary/aromatic N) is 1. The zero-order chi connectivity index (χ0) is 22.6. The van der Waals surface area contributed by atoms with E-state index in [-0.39, 0.29) is 23.2 Å². The highest BCUT2D eigenvalue weighted by molar-refractivity contribution is 7.92. The van der Waals surface area contributed by atoms with Crippen molar-refractivity contribution in [2.75, 3.05) is 23.7 Å². The summed E-state index contributed by atoms with van der Waals surface area (Å²) in [5.41, 5.74) is 1.43. The van der Waals surface area contributed by atoms with Crippen LogP contribution in [0.15, 0.2) is 60.7 Å². The van der Waals surface area contributed by atoms with Gasteiger partial charge in [0.2, 0.25) is 15.9 Å². The monoisotopic (exact) mass is 478 g/mol. The van der Waals surface area contributed by atoms with E-state index < -0.39 is 15.9 Å². The molecule has 1 atom stereocenters. The largest absolute Gasteiger partial charge is 0.354 e. The number of carbonyl (C=O) groups is 1. The molecule has 5 nitrogen and oxygen atoms in total. The van der Waals surface area contributed by atoms with Gasteiger partial charge in [-0.25, -0.2) is 8.42 Å². The highest BCUT2D eigenvalue weighted by Gasteiger charge is 2.23. The Bertz CT molecular complexity index is 1190. The molecule has 0 aliphatic carbocycles. The number of halogens is 2. The maximum absolute atomic E-state index is 12.5. The second-order valence-electron chi connectivity index (χ2n) is 7.62. The van der Waals surface area contributed by atoms with Crippen molar-refractivity contribution in [2.24, 2.45) is 5.92 Å². The SMILES string of the molecule is CC(CNC(=O)CN(c1ccc(Cl)cc1Cl)S(C)(=O)=O)Cc1cccc2ccccc12. The van der Waals surface area contributed by atoms with E-state index in [0.717, 1.165) is 17.0 Å². The number of carbonyl (C=O) groups excluding carboxylic acids is 1. The van der Waals surface area contributed by atoms with Gasteiger partial charge < -0.3 is 5.32 Å². The number of sulfonamides is 1. The average Bonchev–Trinajstić information content (AvgIpc) is 2.70. The molecule has 3 aromatic carbocycles. The molecule has 0 fully saturated rings. The van der Waals surface area contributed by atoms with Crippen LogP contribution in [-0.2, 0) is 21.2 Å². The first kappa shape index (κ1) is 23.4. The third kappa shape index (κ3) is 6.12. The first-order chi connectivity index (χ1) is 14.6. The quantitative estimate of drug-likeness (QED) is 0.500. The Hall–Kier alpha value is -2.28. The molecule has 0 bridgehead atoms. The molecule has 0 spiro atoms. The minimum absolute atomic E-state index is 0.162. The normalized spacial score (nSPS) is 12.5. The van der Waals surface area contributed by atoms with Gasteiger partial charge in [-0.1, -0.05) is 72.6 Å². The number of hydrogen-bond donors (Lipinski definition) is 1. The van der Waals surface area contributed by atoms with Crippen molar-refractivity contribution in [1.82, 2.24) is 5.32 Å². The molecule has 1 N–H and O–H groups in total. The van der Waals surface area contributed by atoms with E-state index in [9.17, 15) is 13.2 Å². The lowest BCUT2D eigenvalue weighted by molar-refractivity contribution is -0.119. The molecule has 0 aliphatic rings. The summed E-state index contributed by atoms with van der Waals surface area (Å²) in [7, 11) is -3.71. The lowest BCUT2D eigenvalue weighted by atomic mass is 9.96. The first-order valence-electron chi connectivity index (χ1n) is 9.81. The minimum Gasteiger partial charge on any atom is -0.354 e. The number of fused-ring (bicyclic) bond motifs is 1. The van der Waals surface area contributed by atoms with Crippen LogP contribution in [0.2, 0.25) is 10.0 Å². The summed E-state index contributed by atoms with van der Waals surface area (Å²) >= 11 is 12.1. The molecule has 1 amide bonds. The summed E-state index contributed by atoms with van der Waals surface area (Å²) in [6, 6.07) is 18.9. The Labute approximate surface area is 193 Å². The van der Waals surface area contributed by atoms with Gasteiger partial charge in [0.05, 0.1) is 17.0 Å². The smallest absolute Gasteiger partial charge is 0.240 e. The van der Waals surface area contributed by atoms with E-state index in [1.807, 2.05) is 25.1 Å². The van der Waals surface area contributed by atoms with Gasteiger partial charge in [-0.3, -0.25) is 9.10 Å². The van der Waals surface area contributed by atoms with Gasteiger partial charge in [0.1, 0.15) is 6.54 Å². The van der Waals surface area contributed by atoms with Crippen LogP contribution in [0.5, 0.6) is 0 Å². The van der Waals surface area contributed by atoms with E-state index in [2.05, 4.69) is 29.6 Å². The van der Waals surface area contributed by atoms with Crippen molar-refractivity contribution >= 4 is 55.6 Å². The van der Waals surface area contributed by atoms with Gasteiger partial charge in [0.15, 0.2) is 0 Å². The number of rotatable bonds is 8. The Morgan fingerprint density at radius 1 is 1.06 bits per heavy atom. The molecular weight excluding hydrogens is 455 g/mol. The van der Waals surface area contributed by atoms with Crippen LogP contribution in [0.3, 0.4) is 0 Å². The fourth-order valence-corrected chi connectivity index (χ4v) is 4.89. The molecular formula is C23H24Cl2N2O3S. The highest BCUT2D eigenvalue weighted by Crippen LogP contribution is 2.30.